The van der Waals surface area contributed by atoms with Crippen molar-refractivity contribution in [2.45, 2.75) is 0 Å². The van der Waals surface area contributed by atoms with Crippen LogP contribution in [0.5, 0.6) is 17.2 Å². The molecule has 0 aliphatic carbocycles. The Labute approximate surface area is 201 Å². The number of nitrogens with zero attached hydrogens (tertiary/aromatic N) is 4. The molecule has 0 unspecified atom stereocenters. The van der Waals surface area contributed by atoms with Crippen molar-refractivity contribution in [1.29, 1.82) is 0 Å². The van der Waals surface area contributed by atoms with Crippen LogP contribution in [0.2, 0.25) is 0 Å². The number of thiophene rings is 1. The van der Waals surface area contributed by atoms with E-state index >= 15 is 0 Å². The summed E-state index contributed by atoms with van der Waals surface area (Å²) in [6, 6.07) is 13.1. The van der Waals surface area contributed by atoms with E-state index in [1.165, 1.54) is 37.8 Å². The number of hydrogen-bond acceptors (Lipinski definition) is 10. The van der Waals surface area contributed by atoms with Crippen LogP contribution in [0.15, 0.2) is 53.6 Å². The van der Waals surface area contributed by atoms with Gasteiger partial charge in [0.05, 0.1) is 47.6 Å². The van der Waals surface area contributed by atoms with Gasteiger partial charge in [0, 0.05) is 17.7 Å². The number of fused-ring (bicyclic) bond motifs is 1. The molecule has 4 rings (SSSR count). The third-order valence-corrected chi connectivity index (χ3v) is 6.61. The van der Waals surface area contributed by atoms with E-state index in [-0.39, 0.29) is 10.6 Å². The standard InChI is InChI=1S/C22H18N4O6S2/c1-30-14-4-6-18-19(11-14)34-22(24-18)25(23-12-17-5-7-20(33-17)26(28)29)21(27)13-8-15(31-2)10-16(9-13)32-3/h4-12H,1-3H3/b23-12+. The van der Waals surface area contributed by atoms with Gasteiger partial charge in [-0.2, -0.15) is 10.1 Å². The molecule has 0 radical (unpaired) electrons. The molecule has 2 heterocycles. The van der Waals surface area contributed by atoms with E-state index in [2.05, 4.69) is 10.1 Å². The fourth-order valence-electron chi connectivity index (χ4n) is 2.98. The normalized spacial score (nSPS) is 11.0. The zero-order valence-corrected chi connectivity index (χ0v) is 19.9. The lowest BCUT2D eigenvalue weighted by Gasteiger charge is -2.15. The molecule has 0 N–H and O–H groups in total. The van der Waals surface area contributed by atoms with Crippen molar-refractivity contribution < 1.29 is 23.9 Å². The molecular formula is C22H18N4O6S2. The highest BCUT2D eigenvalue weighted by atomic mass is 32.1. The maximum Gasteiger partial charge on any atom is 0.324 e. The Bertz CT molecular complexity index is 1380. The molecule has 2 aromatic heterocycles. The Morgan fingerprint density at radius 3 is 2.32 bits per heavy atom. The predicted octanol–water partition coefficient (Wildman–Crippen LogP) is 4.97. The summed E-state index contributed by atoms with van der Waals surface area (Å²) in [5.41, 5.74) is 0.936. The van der Waals surface area contributed by atoms with Crippen LogP contribution in [-0.2, 0) is 0 Å². The largest absolute Gasteiger partial charge is 0.497 e. The highest BCUT2D eigenvalue weighted by molar-refractivity contribution is 7.22. The van der Waals surface area contributed by atoms with E-state index in [9.17, 15) is 14.9 Å². The van der Waals surface area contributed by atoms with Gasteiger partial charge in [0.2, 0.25) is 5.13 Å². The number of benzene rings is 2. The first-order chi connectivity index (χ1) is 16.4. The molecule has 2 aromatic carbocycles. The van der Waals surface area contributed by atoms with Crippen LogP contribution in [0.25, 0.3) is 10.2 Å². The highest BCUT2D eigenvalue weighted by Gasteiger charge is 2.23. The van der Waals surface area contributed by atoms with Gasteiger partial charge in [-0.3, -0.25) is 14.9 Å². The second-order valence-corrected chi connectivity index (χ2v) is 8.83. The average molecular weight is 499 g/mol. The molecule has 1 amide bonds. The van der Waals surface area contributed by atoms with Gasteiger partial charge < -0.3 is 14.2 Å². The SMILES string of the molecule is COc1cc(OC)cc(C(=O)N(/N=C/c2ccc([N+](=O)[O-])s2)c2nc3ccc(OC)cc3s2)c1. The van der Waals surface area contributed by atoms with Gasteiger partial charge in [0.15, 0.2) is 0 Å². The fourth-order valence-corrected chi connectivity index (χ4v) is 4.62. The topological polar surface area (TPSA) is 116 Å². The van der Waals surface area contributed by atoms with E-state index < -0.39 is 10.8 Å². The Kier molecular flexibility index (Phi) is 6.70. The van der Waals surface area contributed by atoms with Gasteiger partial charge >= 0.3 is 5.00 Å². The molecular weight excluding hydrogens is 480 g/mol. The summed E-state index contributed by atoms with van der Waals surface area (Å²) in [6.07, 6.45) is 1.39. The quantitative estimate of drug-likeness (QED) is 0.191. The molecule has 0 atom stereocenters. The summed E-state index contributed by atoms with van der Waals surface area (Å²) in [5, 5.41) is 16.8. The van der Waals surface area contributed by atoms with E-state index in [4.69, 9.17) is 14.2 Å². The number of hydrogen-bond donors (Lipinski definition) is 0. The molecule has 0 aliphatic rings. The number of rotatable bonds is 8. The van der Waals surface area contributed by atoms with Crippen LogP contribution in [0, 0.1) is 10.1 Å². The van der Waals surface area contributed by atoms with Gasteiger partial charge in [-0.05, 0) is 36.4 Å². The van der Waals surface area contributed by atoms with Crippen molar-refractivity contribution >= 4 is 55.1 Å². The second kappa shape index (κ2) is 9.85. The van der Waals surface area contributed by atoms with Crippen molar-refractivity contribution in [3.63, 3.8) is 0 Å². The number of thiazole rings is 1. The van der Waals surface area contributed by atoms with Crippen molar-refractivity contribution in [2.24, 2.45) is 5.10 Å². The molecule has 10 nitrogen and oxygen atoms in total. The van der Waals surface area contributed by atoms with Crippen molar-refractivity contribution in [3.8, 4) is 17.2 Å². The summed E-state index contributed by atoms with van der Waals surface area (Å²) in [5.74, 6) is 1.06. The molecule has 0 saturated carbocycles. The Balaban J connectivity index is 1.78. The lowest BCUT2D eigenvalue weighted by molar-refractivity contribution is -0.380. The number of methoxy groups -OCH3 is 3. The number of aromatic nitrogens is 1. The average Bonchev–Trinajstić information content (AvgIpc) is 3.50. The minimum absolute atomic E-state index is 0.0241. The van der Waals surface area contributed by atoms with Crippen LogP contribution >= 0.6 is 22.7 Å². The summed E-state index contributed by atoms with van der Waals surface area (Å²) in [4.78, 5) is 29.1. The van der Waals surface area contributed by atoms with Gasteiger partial charge in [0.1, 0.15) is 17.2 Å². The summed E-state index contributed by atoms with van der Waals surface area (Å²) < 4.78 is 16.6. The van der Waals surface area contributed by atoms with Gasteiger partial charge in [0.25, 0.3) is 5.91 Å². The van der Waals surface area contributed by atoms with Crippen LogP contribution in [0.4, 0.5) is 10.1 Å². The maximum absolute atomic E-state index is 13.6. The second-order valence-electron chi connectivity index (χ2n) is 6.73. The predicted molar refractivity (Wildman–Crippen MR) is 131 cm³/mol. The Hall–Kier alpha value is -4.03. The van der Waals surface area contributed by atoms with E-state index in [1.54, 1.807) is 43.5 Å². The molecule has 174 valence electrons. The van der Waals surface area contributed by atoms with Crippen molar-refractivity contribution in [3.05, 3.63) is 69.1 Å². The highest BCUT2D eigenvalue weighted by Crippen LogP contribution is 2.33. The molecule has 12 heteroatoms. The summed E-state index contributed by atoms with van der Waals surface area (Å²) >= 11 is 2.20. The number of carbonyl (C=O) groups excluding carboxylic acids is 1. The number of carbonyl (C=O) groups is 1. The maximum atomic E-state index is 13.6. The minimum atomic E-state index is -0.481. The molecule has 0 saturated heterocycles. The molecule has 34 heavy (non-hydrogen) atoms. The lowest BCUT2D eigenvalue weighted by atomic mass is 10.2. The van der Waals surface area contributed by atoms with Crippen LogP contribution in [-0.4, -0.2) is 43.4 Å². The smallest absolute Gasteiger partial charge is 0.324 e. The van der Waals surface area contributed by atoms with Gasteiger partial charge in [-0.1, -0.05) is 22.7 Å². The fraction of sp³-hybridized carbons (Fsp3) is 0.136. The number of amides is 1. The Morgan fingerprint density at radius 1 is 1.00 bits per heavy atom. The molecule has 0 spiro atoms. The first-order valence-corrected chi connectivity index (χ1v) is 11.4. The first kappa shape index (κ1) is 23.1. The zero-order chi connectivity index (χ0) is 24.2. The zero-order valence-electron chi connectivity index (χ0n) is 18.3. The number of anilines is 1. The Morgan fingerprint density at radius 2 is 1.71 bits per heavy atom. The molecule has 0 aliphatic heterocycles. The van der Waals surface area contributed by atoms with Crippen LogP contribution < -0.4 is 19.2 Å². The summed E-state index contributed by atoms with van der Waals surface area (Å²) in [6.45, 7) is 0. The van der Waals surface area contributed by atoms with E-state index in [0.29, 0.717) is 32.8 Å². The van der Waals surface area contributed by atoms with E-state index in [0.717, 1.165) is 21.0 Å². The van der Waals surface area contributed by atoms with Crippen LogP contribution in [0.1, 0.15) is 15.2 Å². The van der Waals surface area contributed by atoms with Crippen LogP contribution in [0.3, 0.4) is 0 Å². The lowest BCUT2D eigenvalue weighted by Crippen LogP contribution is -2.25. The minimum Gasteiger partial charge on any atom is -0.497 e. The van der Waals surface area contributed by atoms with Crippen molar-refractivity contribution in [1.82, 2.24) is 4.98 Å². The third kappa shape index (κ3) is 4.82. The van der Waals surface area contributed by atoms with Gasteiger partial charge in [-0.25, -0.2) is 4.98 Å². The monoisotopic (exact) mass is 498 g/mol. The molecule has 0 bridgehead atoms. The summed E-state index contributed by atoms with van der Waals surface area (Å²) in [7, 11) is 4.55. The third-order valence-electron chi connectivity index (χ3n) is 4.65. The number of ether oxygens (including phenoxy) is 3. The molecule has 4 aromatic rings. The molecule has 0 fully saturated rings. The number of hydrazone groups is 1. The van der Waals surface area contributed by atoms with Crippen molar-refractivity contribution in [2.75, 3.05) is 26.3 Å². The van der Waals surface area contributed by atoms with E-state index in [1.807, 2.05) is 6.07 Å². The number of nitro groups is 1. The van der Waals surface area contributed by atoms with Gasteiger partial charge in [-0.15, -0.1) is 0 Å². The first-order valence-electron chi connectivity index (χ1n) is 9.72.